The van der Waals surface area contributed by atoms with Crippen LogP contribution < -0.4 is 0 Å². The van der Waals surface area contributed by atoms with Gasteiger partial charge in [0.15, 0.2) is 5.82 Å². The summed E-state index contributed by atoms with van der Waals surface area (Å²) in [6.07, 6.45) is 3.68. The van der Waals surface area contributed by atoms with Gasteiger partial charge in [0.1, 0.15) is 5.82 Å². The molecule has 0 fully saturated rings. The summed E-state index contributed by atoms with van der Waals surface area (Å²) in [4.78, 5) is 8.54. The van der Waals surface area contributed by atoms with E-state index >= 15 is 0 Å². The largest absolute Gasteiger partial charge is 0.264 e. The molecular weight excluding hydrogens is 200 g/mol. The van der Waals surface area contributed by atoms with E-state index in [0.717, 1.165) is 11.4 Å². The maximum Gasteiger partial charge on any atom is 0.182 e. The molecule has 0 aliphatic carbocycles. The lowest BCUT2D eigenvalue weighted by Gasteiger charge is -2.18. The number of hydrogen-bond donors (Lipinski definition) is 1. The van der Waals surface area contributed by atoms with Gasteiger partial charge in [0.2, 0.25) is 0 Å². The van der Waals surface area contributed by atoms with Gasteiger partial charge in [-0.25, -0.2) is 4.98 Å². The van der Waals surface area contributed by atoms with Gasteiger partial charge in [0.05, 0.1) is 0 Å². The van der Waals surface area contributed by atoms with Crippen LogP contribution in [0.4, 0.5) is 0 Å². The van der Waals surface area contributed by atoms with E-state index in [4.69, 9.17) is 0 Å². The van der Waals surface area contributed by atoms with Gasteiger partial charge in [-0.2, -0.15) is 5.10 Å². The highest BCUT2D eigenvalue weighted by molar-refractivity contribution is 5.54. The fourth-order valence-electron chi connectivity index (χ4n) is 1.44. The number of nitrogens with one attached hydrogen (secondary N) is 1. The van der Waals surface area contributed by atoms with Crippen LogP contribution in [-0.2, 0) is 5.41 Å². The fourth-order valence-corrected chi connectivity index (χ4v) is 1.44. The van der Waals surface area contributed by atoms with Crippen molar-refractivity contribution in [3.05, 3.63) is 29.8 Å². The summed E-state index contributed by atoms with van der Waals surface area (Å²) in [5, 5.41) is 6.97. The second-order valence-electron chi connectivity index (χ2n) is 4.96. The average Bonchev–Trinajstić information content (AvgIpc) is 2.64. The lowest BCUT2D eigenvalue weighted by Crippen LogP contribution is -2.11. The molecule has 0 unspecified atom stereocenters. The van der Waals surface area contributed by atoms with E-state index in [2.05, 4.69) is 47.0 Å². The van der Waals surface area contributed by atoms with Gasteiger partial charge in [-0.3, -0.25) is 10.1 Å². The summed E-state index contributed by atoms with van der Waals surface area (Å²) in [7, 11) is 0. The molecule has 0 atom stereocenters. The number of H-pyrrole nitrogens is 1. The molecule has 0 amide bonds. The number of aromatic nitrogens is 4. The summed E-state index contributed by atoms with van der Waals surface area (Å²) in [5.41, 5.74) is 2.23. The molecule has 2 aromatic heterocycles. The third kappa shape index (κ3) is 2.10. The van der Waals surface area contributed by atoms with Crippen LogP contribution in [0.25, 0.3) is 11.4 Å². The third-order valence-corrected chi connectivity index (χ3v) is 2.46. The summed E-state index contributed by atoms with van der Waals surface area (Å²) in [5.74, 6) is 1.52. The molecule has 2 heterocycles. The van der Waals surface area contributed by atoms with Gasteiger partial charge in [-0.15, -0.1) is 0 Å². The first-order valence-corrected chi connectivity index (χ1v) is 5.32. The smallest absolute Gasteiger partial charge is 0.182 e. The highest BCUT2D eigenvalue weighted by atomic mass is 15.2. The minimum Gasteiger partial charge on any atom is -0.264 e. The van der Waals surface area contributed by atoms with Crippen molar-refractivity contribution >= 4 is 0 Å². The molecule has 4 heteroatoms. The zero-order valence-electron chi connectivity index (χ0n) is 10.1. The summed E-state index contributed by atoms with van der Waals surface area (Å²) < 4.78 is 0. The maximum atomic E-state index is 4.30. The lowest BCUT2D eigenvalue weighted by molar-refractivity contribution is 0.587. The van der Waals surface area contributed by atoms with Crippen LogP contribution in [0.5, 0.6) is 0 Å². The van der Waals surface area contributed by atoms with Crippen molar-refractivity contribution in [1.82, 2.24) is 20.2 Å². The Balaban J connectivity index is 2.44. The number of rotatable bonds is 1. The minimum absolute atomic E-state index is 0.0916. The number of aryl methyl sites for hydroxylation is 1. The summed E-state index contributed by atoms with van der Waals surface area (Å²) in [6.45, 7) is 8.38. The van der Waals surface area contributed by atoms with Crippen LogP contribution >= 0.6 is 0 Å². The summed E-state index contributed by atoms with van der Waals surface area (Å²) >= 11 is 0. The van der Waals surface area contributed by atoms with Crippen LogP contribution in [0, 0.1) is 6.92 Å². The maximum absolute atomic E-state index is 4.30. The van der Waals surface area contributed by atoms with Gasteiger partial charge < -0.3 is 0 Å². The molecule has 4 nitrogen and oxygen atoms in total. The molecule has 2 rings (SSSR count). The first kappa shape index (κ1) is 10.8. The van der Waals surface area contributed by atoms with E-state index < -0.39 is 0 Å². The van der Waals surface area contributed by atoms with Gasteiger partial charge >= 0.3 is 0 Å². The van der Waals surface area contributed by atoms with Crippen LogP contribution in [0.15, 0.2) is 18.5 Å². The molecule has 2 aromatic rings. The van der Waals surface area contributed by atoms with Crippen LogP contribution in [0.1, 0.15) is 32.2 Å². The first-order chi connectivity index (χ1) is 7.47. The van der Waals surface area contributed by atoms with Crippen molar-refractivity contribution in [3.63, 3.8) is 0 Å². The minimum atomic E-state index is 0.0916. The van der Waals surface area contributed by atoms with Crippen molar-refractivity contribution in [1.29, 1.82) is 0 Å². The van der Waals surface area contributed by atoms with Gasteiger partial charge in [0.25, 0.3) is 0 Å². The van der Waals surface area contributed by atoms with E-state index in [1.54, 1.807) is 6.20 Å². The van der Waals surface area contributed by atoms with Gasteiger partial charge in [0, 0.05) is 18.0 Å². The Morgan fingerprint density at radius 3 is 2.50 bits per heavy atom. The molecule has 16 heavy (non-hydrogen) atoms. The molecular formula is C12H16N4. The second kappa shape index (κ2) is 3.70. The van der Waals surface area contributed by atoms with E-state index in [-0.39, 0.29) is 5.41 Å². The SMILES string of the molecule is Cc1nc(-c2cncc(C(C)(C)C)c2)n[nH]1. The van der Waals surface area contributed by atoms with Crippen molar-refractivity contribution in [3.8, 4) is 11.4 Å². The molecule has 1 N–H and O–H groups in total. The van der Waals surface area contributed by atoms with Crippen molar-refractivity contribution in [2.45, 2.75) is 33.1 Å². The third-order valence-electron chi connectivity index (χ3n) is 2.46. The van der Waals surface area contributed by atoms with Crippen molar-refractivity contribution in [2.75, 3.05) is 0 Å². The quantitative estimate of drug-likeness (QED) is 0.796. The first-order valence-electron chi connectivity index (χ1n) is 5.32. The second-order valence-corrected chi connectivity index (χ2v) is 4.96. The van der Waals surface area contributed by atoms with Gasteiger partial charge in [-0.1, -0.05) is 20.8 Å². The number of pyridine rings is 1. The Bertz CT molecular complexity index is 494. The Morgan fingerprint density at radius 1 is 1.19 bits per heavy atom. The van der Waals surface area contributed by atoms with E-state index in [9.17, 15) is 0 Å². The molecule has 84 valence electrons. The van der Waals surface area contributed by atoms with Crippen LogP contribution in [0.3, 0.4) is 0 Å². The lowest BCUT2D eigenvalue weighted by atomic mass is 9.87. The Kier molecular flexibility index (Phi) is 2.50. The molecule has 0 aliphatic heterocycles. The predicted octanol–water partition coefficient (Wildman–Crippen LogP) is 2.47. The Morgan fingerprint density at radius 2 is 1.94 bits per heavy atom. The number of aromatic amines is 1. The predicted molar refractivity (Wildman–Crippen MR) is 63.1 cm³/mol. The van der Waals surface area contributed by atoms with Crippen LogP contribution in [0.2, 0.25) is 0 Å². The molecule has 0 saturated heterocycles. The Hall–Kier alpha value is -1.71. The highest BCUT2D eigenvalue weighted by Gasteiger charge is 2.15. The number of nitrogens with zero attached hydrogens (tertiary/aromatic N) is 3. The molecule has 0 saturated carbocycles. The highest BCUT2D eigenvalue weighted by Crippen LogP contribution is 2.24. The molecule has 0 aliphatic rings. The van der Waals surface area contributed by atoms with Gasteiger partial charge in [-0.05, 0) is 24.0 Å². The van der Waals surface area contributed by atoms with E-state index in [1.165, 1.54) is 5.56 Å². The fraction of sp³-hybridized carbons (Fsp3) is 0.417. The standard InChI is InChI=1S/C12H16N4/c1-8-14-11(16-15-8)9-5-10(7-13-6-9)12(2,3)4/h5-7H,1-4H3,(H,14,15,16). The van der Waals surface area contributed by atoms with Crippen LogP contribution in [-0.4, -0.2) is 20.2 Å². The molecule has 0 aromatic carbocycles. The number of hydrogen-bond acceptors (Lipinski definition) is 3. The topological polar surface area (TPSA) is 54.5 Å². The molecule has 0 radical (unpaired) electrons. The zero-order valence-corrected chi connectivity index (χ0v) is 10.1. The van der Waals surface area contributed by atoms with E-state index in [0.29, 0.717) is 5.82 Å². The summed E-state index contributed by atoms with van der Waals surface area (Å²) in [6, 6.07) is 2.09. The van der Waals surface area contributed by atoms with E-state index in [1.807, 2.05) is 13.1 Å². The average molecular weight is 216 g/mol. The van der Waals surface area contributed by atoms with Crippen molar-refractivity contribution < 1.29 is 0 Å². The Labute approximate surface area is 95.1 Å². The van der Waals surface area contributed by atoms with Crippen molar-refractivity contribution in [2.24, 2.45) is 0 Å². The normalized spacial score (nSPS) is 11.8. The molecule has 0 spiro atoms. The zero-order chi connectivity index (χ0) is 11.8. The monoisotopic (exact) mass is 216 g/mol. The molecule has 0 bridgehead atoms.